The summed E-state index contributed by atoms with van der Waals surface area (Å²) in [6.07, 6.45) is 0. The molecule has 0 atom stereocenters. The normalized spacial score (nSPS) is 10.6. The highest BCUT2D eigenvalue weighted by Gasteiger charge is 2.19. The van der Waals surface area contributed by atoms with Gasteiger partial charge in [-0.25, -0.2) is 8.78 Å². The Hall–Kier alpha value is -1.76. The third-order valence-electron chi connectivity index (χ3n) is 2.48. The molecule has 0 aliphatic rings. The Morgan fingerprint density at radius 1 is 1.32 bits per heavy atom. The maximum Gasteiger partial charge on any atom is 0.262 e. The number of aromatic nitrogens is 2. The van der Waals surface area contributed by atoms with Gasteiger partial charge in [-0.05, 0) is 19.1 Å². The maximum absolute atomic E-state index is 13.6. The molecular formula is C12H10BrF2N3O. The Labute approximate surface area is 116 Å². The minimum absolute atomic E-state index is 0.232. The molecule has 0 radical (unpaired) electrons. The fourth-order valence-electron chi connectivity index (χ4n) is 1.67. The second kappa shape index (κ2) is 5.08. The molecule has 2 rings (SSSR count). The van der Waals surface area contributed by atoms with Gasteiger partial charge >= 0.3 is 0 Å². The fourth-order valence-corrected chi connectivity index (χ4v) is 2.07. The van der Waals surface area contributed by atoms with Gasteiger partial charge in [-0.3, -0.25) is 9.48 Å². The number of hydrogen-bond donors (Lipinski definition) is 1. The molecule has 0 saturated carbocycles. The van der Waals surface area contributed by atoms with E-state index in [2.05, 4.69) is 26.3 Å². The lowest BCUT2D eigenvalue weighted by Crippen LogP contribution is -2.17. The number of nitrogens with zero attached hydrogens (tertiary/aromatic N) is 2. The van der Waals surface area contributed by atoms with Gasteiger partial charge < -0.3 is 5.32 Å². The van der Waals surface area contributed by atoms with E-state index in [0.717, 1.165) is 12.1 Å². The maximum atomic E-state index is 13.6. The Kier molecular flexibility index (Phi) is 3.66. The Morgan fingerprint density at radius 2 is 1.89 bits per heavy atom. The molecule has 0 unspecified atom stereocenters. The molecule has 0 bridgehead atoms. The van der Waals surface area contributed by atoms with E-state index in [1.807, 2.05) is 0 Å². The van der Waals surface area contributed by atoms with Gasteiger partial charge in [0.2, 0.25) is 0 Å². The quantitative estimate of drug-likeness (QED) is 0.920. The fraction of sp³-hybridized carbons (Fsp3) is 0.167. The van der Waals surface area contributed by atoms with E-state index in [-0.39, 0.29) is 4.47 Å². The molecule has 0 spiro atoms. The van der Waals surface area contributed by atoms with Crippen molar-refractivity contribution in [3.8, 4) is 0 Å². The number of aryl methyl sites for hydroxylation is 2. The summed E-state index contributed by atoms with van der Waals surface area (Å²) in [7, 11) is 1.62. The monoisotopic (exact) mass is 329 g/mol. The van der Waals surface area contributed by atoms with Crippen LogP contribution in [0.25, 0.3) is 0 Å². The van der Waals surface area contributed by atoms with Gasteiger partial charge in [-0.2, -0.15) is 5.10 Å². The number of anilines is 1. The van der Waals surface area contributed by atoms with Gasteiger partial charge in [0.15, 0.2) is 0 Å². The third-order valence-corrected chi connectivity index (χ3v) is 2.94. The standard InChI is InChI=1S/C12H10BrF2N3O/c1-6-3-10(18(2)17-6)16-12(19)11-8(14)4-7(13)5-9(11)15/h3-5H,1-2H3,(H,16,19). The highest BCUT2D eigenvalue weighted by atomic mass is 79.9. The van der Waals surface area contributed by atoms with E-state index in [9.17, 15) is 13.6 Å². The molecular weight excluding hydrogens is 320 g/mol. The van der Waals surface area contributed by atoms with E-state index in [1.54, 1.807) is 20.0 Å². The van der Waals surface area contributed by atoms with Crippen LogP contribution in [0.15, 0.2) is 22.7 Å². The van der Waals surface area contributed by atoms with Crippen molar-refractivity contribution in [1.82, 2.24) is 9.78 Å². The first kappa shape index (κ1) is 13.7. The lowest BCUT2D eigenvalue weighted by molar-refractivity contribution is 0.101. The number of nitrogens with one attached hydrogen (secondary N) is 1. The molecule has 1 amide bonds. The van der Waals surface area contributed by atoms with E-state index in [0.29, 0.717) is 11.5 Å². The van der Waals surface area contributed by atoms with Crippen LogP contribution in [0.4, 0.5) is 14.6 Å². The topological polar surface area (TPSA) is 46.9 Å². The van der Waals surface area contributed by atoms with Crippen molar-refractivity contribution in [2.45, 2.75) is 6.92 Å². The van der Waals surface area contributed by atoms with Crippen molar-refractivity contribution >= 4 is 27.7 Å². The Morgan fingerprint density at radius 3 is 2.37 bits per heavy atom. The van der Waals surface area contributed by atoms with Crippen molar-refractivity contribution in [3.05, 3.63) is 45.6 Å². The van der Waals surface area contributed by atoms with Crippen LogP contribution in [0.3, 0.4) is 0 Å². The SMILES string of the molecule is Cc1cc(NC(=O)c2c(F)cc(Br)cc2F)n(C)n1. The molecule has 100 valence electrons. The zero-order valence-electron chi connectivity index (χ0n) is 10.2. The van der Waals surface area contributed by atoms with Crippen LogP contribution in [0, 0.1) is 18.6 Å². The van der Waals surface area contributed by atoms with Crippen molar-refractivity contribution in [2.24, 2.45) is 7.05 Å². The summed E-state index contributed by atoms with van der Waals surface area (Å²) in [6.45, 7) is 1.75. The molecule has 1 aromatic heterocycles. The average molecular weight is 330 g/mol. The number of carbonyl (C=O) groups excluding carboxylic acids is 1. The average Bonchev–Trinajstić information content (AvgIpc) is 2.55. The van der Waals surface area contributed by atoms with Crippen molar-refractivity contribution in [3.63, 3.8) is 0 Å². The van der Waals surface area contributed by atoms with Crippen molar-refractivity contribution < 1.29 is 13.6 Å². The molecule has 0 fully saturated rings. The Balaban J connectivity index is 2.33. The summed E-state index contributed by atoms with van der Waals surface area (Å²) in [5.41, 5.74) is 0.0663. The molecule has 4 nitrogen and oxygen atoms in total. The number of rotatable bonds is 2. The summed E-state index contributed by atoms with van der Waals surface area (Å²) in [6, 6.07) is 3.67. The zero-order valence-corrected chi connectivity index (χ0v) is 11.8. The summed E-state index contributed by atoms with van der Waals surface area (Å²) < 4.78 is 28.9. The minimum atomic E-state index is -0.928. The molecule has 0 saturated heterocycles. The van der Waals surface area contributed by atoms with Crippen LogP contribution < -0.4 is 5.32 Å². The van der Waals surface area contributed by atoms with Gasteiger partial charge in [0.05, 0.1) is 5.69 Å². The largest absolute Gasteiger partial charge is 0.307 e. The molecule has 7 heteroatoms. The molecule has 1 N–H and O–H groups in total. The van der Waals surface area contributed by atoms with E-state index in [4.69, 9.17) is 0 Å². The van der Waals surface area contributed by atoms with Crippen LogP contribution in [-0.4, -0.2) is 15.7 Å². The van der Waals surface area contributed by atoms with Gasteiger partial charge in [-0.15, -0.1) is 0 Å². The predicted octanol–water partition coefficient (Wildman–Crippen LogP) is 3.02. The number of benzene rings is 1. The highest BCUT2D eigenvalue weighted by molar-refractivity contribution is 9.10. The van der Waals surface area contributed by atoms with Crippen molar-refractivity contribution in [1.29, 1.82) is 0 Å². The van der Waals surface area contributed by atoms with Gasteiger partial charge in [0.25, 0.3) is 5.91 Å². The minimum Gasteiger partial charge on any atom is -0.307 e. The summed E-state index contributed by atoms with van der Waals surface area (Å²) >= 11 is 2.95. The predicted molar refractivity (Wildman–Crippen MR) is 70.0 cm³/mol. The van der Waals surface area contributed by atoms with Crippen LogP contribution >= 0.6 is 15.9 Å². The number of amides is 1. The lowest BCUT2D eigenvalue weighted by atomic mass is 10.2. The van der Waals surface area contributed by atoms with Crippen molar-refractivity contribution in [2.75, 3.05) is 5.32 Å². The first-order valence-electron chi connectivity index (χ1n) is 5.35. The van der Waals surface area contributed by atoms with Gasteiger partial charge in [0, 0.05) is 17.6 Å². The second-order valence-electron chi connectivity index (χ2n) is 3.99. The first-order valence-corrected chi connectivity index (χ1v) is 6.14. The van der Waals surface area contributed by atoms with E-state index < -0.39 is 23.1 Å². The summed E-state index contributed by atoms with van der Waals surface area (Å²) in [4.78, 5) is 11.9. The smallest absolute Gasteiger partial charge is 0.262 e. The zero-order chi connectivity index (χ0) is 14.2. The summed E-state index contributed by atoms with van der Waals surface area (Å²) in [5, 5.41) is 6.44. The molecule has 1 aromatic carbocycles. The molecule has 2 aromatic rings. The lowest BCUT2D eigenvalue weighted by Gasteiger charge is -2.07. The number of carbonyl (C=O) groups is 1. The molecule has 1 heterocycles. The molecule has 0 aliphatic carbocycles. The summed E-state index contributed by atoms with van der Waals surface area (Å²) in [5.74, 6) is -2.35. The number of hydrogen-bond acceptors (Lipinski definition) is 2. The Bertz CT molecular complexity index is 631. The van der Waals surface area contributed by atoms with E-state index in [1.165, 1.54) is 4.68 Å². The van der Waals surface area contributed by atoms with Crippen LogP contribution in [0.2, 0.25) is 0 Å². The molecule has 0 aliphatic heterocycles. The highest BCUT2D eigenvalue weighted by Crippen LogP contribution is 2.20. The second-order valence-corrected chi connectivity index (χ2v) is 4.91. The van der Waals surface area contributed by atoms with Crippen LogP contribution in [0.1, 0.15) is 16.1 Å². The third kappa shape index (κ3) is 2.81. The first-order chi connectivity index (χ1) is 8.88. The molecule has 19 heavy (non-hydrogen) atoms. The van der Waals surface area contributed by atoms with Gasteiger partial charge in [0.1, 0.15) is 23.0 Å². The van der Waals surface area contributed by atoms with E-state index >= 15 is 0 Å². The van der Waals surface area contributed by atoms with Gasteiger partial charge in [-0.1, -0.05) is 15.9 Å². The number of halogens is 3. The van der Waals surface area contributed by atoms with Crippen LogP contribution in [-0.2, 0) is 7.05 Å². The van der Waals surface area contributed by atoms with Crippen LogP contribution in [0.5, 0.6) is 0 Å².